The highest BCUT2D eigenvalue weighted by atomic mass is 16.5. The quantitative estimate of drug-likeness (QED) is 0.534. The maximum Gasteiger partial charge on any atom is 0.413 e. The van der Waals surface area contributed by atoms with E-state index in [4.69, 9.17) is 4.74 Å². The first-order valence-electron chi connectivity index (χ1n) is 10.8. The van der Waals surface area contributed by atoms with Crippen molar-refractivity contribution in [3.05, 3.63) is 71.9 Å². The Labute approximate surface area is 193 Å². The zero-order valence-corrected chi connectivity index (χ0v) is 19.0. The van der Waals surface area contributed by atoms with Crippen LogP contribution in [-0.2, 0) is 23.2 Å². The molecule has 3 aromatic rings. The lowest BCUT2D eigenvalue weighted by molar-refractivity contribution is -0.141. The number of carboxylic acids is 1. The molecule has 0 saturated heterocycles. The van der Waals surface area contributed by atoms with Gasteiger partial charge < -0.3 is 9.84 Å². The molecule has 0 aliphatic heterocycles. The number of aryl methyl sites for hydroxylation is 1. The van der Waals surface area contributed by atoms with Crippen LogP contribution in [0.4, 0.5) is 10.6 Å². The molecule has 1 amide bonds. The first-order valence-corrected chi connectivity index (χ1v) is 10.8. The van der Waals surface area contributed by atoms with E-state index in [9.17, 15) is 14.7 Å². The number of carbonyl (C=O) groups excluding carboxylic acids is 1. The molecule has 1 fully saturated rings. The van der Waals surface area contributed by atoms with E-state index in [1.807, 2.05) is 68.4 Å². The largest absolute Gasteiger partial charge is 0.480 e. The molecule has 0 bridgehead atoms. The number of hydrogen-bond donors (Lipinski definition) is 2. The first kappa shape index (κ1) is 23.6. The van der Waals surface area contributed by atoms with Crippen molar-refractivity contribution >= 4 is 17.9 Å². The van der Waals surface area contributed by atoms with Gasteiger partial charge in [0.15, 0.2) is 0 Å². The van der Waals surface area contributed by atoms with Gasteiger partial charge in [0, 0.05) is 18.2 Å². The molecule has 33 heavy (non-hydrogen) atoms. The summed E-state index contributed by atoms with van der Waals surface area (Å²) in [6.45, 7) is 4.17. The summed E-state index contributed by atoms with van der Waals surface area (Å²) in [6, 6.07) is 16.8. The number of hydrogen-bond acceptors (Lipinski definition) is 4. The molecule has 1 aliphatic rings. The number of aromatic nitrogens is 2. The second-order valence-electron chi connectivity index (χ2n) is 7.43. The third-order valence-corrected chi connectivity index (χ3v) is 5.17. The molecule has 0 spiro atoms. The van der Waals surface area contributed by atoms with Gasteiger partial charge in [-0.3, -0.25) is 14.8 Å². The Morgan fingerprint density at radius 3 is 2.39 bits per heavy atom. The number of benzene rings is 2. The molecule has 1 saturated carbocycles. The Balaban J connectivity index is 0.00000149. The lowest BCUT2D eigenvalue weighted by Gasteiger charge is -2.10. The molecule has 0 atom stereocenters. The van der Waals surface area contributed by atoms with Crippen LogP contribution in [0.25, 0.3) is 11.1 Å². The highest BCUT2D eigenvalue weighted by Crippen LogP contribution is 2.45. The number of carboxylic acid groups (broad SMARTS) is 1. The molecule has 2 N–H and O–H groups in total. The third-order valence-electron chi connectivity index (χ3n) is 5.17. The molecule has 1 heterocycles. The summed E-state index contributed by atoms with van der Waals surface area (Å²) in [5.41, 5.74) is 2.34. The molecule has 7 heteroatoms. The van der Waals surface area contributed by atoms with E-state index in [1.54, 1.807) is 17.9 Å². The van der Waals surface area contributed by atoms with Crippen molar-refractivity contribution in [1.29, 1.82) is 0 Å². The van der Waals surface area contributed by atoms with Crippen LogP contribution >= 0.6 is 0 Å². The van der Waals surface area contributed by atoms with Crippen LogP contribution < -0.4 is 5.32 Å². The van der Waals surface area contributed by atoms with Crippen LogP contribution in [0.15, 0.2) is 60.8 Å². The SMILES string of the molecule is CC.Cn1ncc(-c2ccc(C#CC3(C(=O)O)CC3)cc2)c1NC(=O)OCc1ccccc1. The highest BCUT2D eigenvalue weighted by Gasteiger charge is 2.49. The number of rotatable bonds is 5. The molecular formula is C26H27N3O4. The van der Waals surface area contributed by atoms with E-state index in [1.165, 1.54) is 0 Å². The average Bonchev–Trinajstić information content (AvgIpc) is 3.57. The summed E-state index contributed by atoms with van der Waals surface area (Å²) < 4.78 is 6.86. The molecule has 1 aliphatic carbocycles. The maximum atomic E-state index is 12.3. The topological polar surface area (TPSA) is 93.5 Å². The zero-order chi connectivity index (χ0) is 23.8. The van der Waals surface area contributed by atoms with E-state index in [-0.39, 0.29) is 6.61 Å². The lowest BCUT2D eigenvalue weighted by atomic mass is 10.0. The van der Waals surface area contributed by atoms with Gasteiger partial charge in [0.2, 0.25) is 0 Å². The zero-order valence-electron chi connectivity index (χ0n) is 19.0. The van der Waals surface area contributed by atoms with E-state index in [0.29, 0.717) is 18.7 Å². The molecule has 170 valence electrons. The van der Waals surface area contributed by atoms with Crippen molar-refractivity contribution in [2.75, 3.05) is 5.32 Å². The number of carbonyl (C=O) groups is 2. The summed E-state index contributed by atoms with van der Waals surface area (Å²) >= 11 is 0. The van der Waals surface area contributed by atoms with E-state index in [0.717, 1.165) is 22.3 Å². The number of nitrogens with zero attached hydrogens (tertiary/aromatic N) is 2. The van der Waals surface area contributed by atoms with Gasteiger partial charge in [-0.1, -0.05) is 68.2 Å². The van der Waals surface area contributed by atoms with Crippen LogP contribution in [0.1, 0.15) is 37.8 Å². The van der Waals surface area contributed by atoms with Crippen LogP contribution in [0.5, 0.6) is 0 Å². The highest BCUT2D eigenvalue weighted by molar-refractivity contribution is 5.89. The summed E-state index contributed by atoms with van der Waals surface area (Å²) in [7, 11) is 1.73. The molecule has 1 aromatic heterocycles. The number of ether oxygens (including phenoxy) is 1. The van der Waals surface area contributed by atoms with Gasteiger partial charge >= 0.3 is 12.1 Å². The Bertz CT molecular complexity index is 1170. The van der Waals surface area contributed by atoms with E-state index in [2.05, 4.69) is 22.3 Å². The monoisotopic (exact) mass is 445 g/mol. The normalized spacial score (nSPS) is 12.9. The second kappa shape index (κ2) is 10.5. The standard InChI is InChI=1S/C24H21N3O4.C2H6/c1-27-21(26-23(30)31-16-18-5-3-2-4-6-18)20(15-25-27)19-9-7-17(8-10-19)11-12-24(13-14-24)22(28)29;1-2/h2-10,15H,13-14,16H2,1H3,(H,26,30)(H,28,29);1-2H3. The maximum absolute atomic E-state index is 12.3. The third kappa shape index (κ3) is 5.80. The second-order valence-corrected chi connectivity index (χ2v) is 7.43. The van der Waals surface area contributed by atoms with Crippen molar-refractivity contribution in [3.63, 3.8) is 0 Å². The number of nitrogens with one attached hydrogen (secondary N) is 1. The van der Waals surface area contributed by atoms with Gasteiger partial charge in [0.05, 0.1) is 6.20 Å². The van der Waals surface area contributed by atoms with Crippen LogP contribution in [0.2, 0.25) is 0 Å². The number of anilines is 1. The van der Waals surface area contributed by atoms with E-state index >= 15 is 0 Å². The van der Waals surface area contributed by atoms with Gasteiger partial charge in [-0.15, -0.1) is 0 Å². The average molecular weight is 446 g/mol. The minimum atomic E-state index is -0.876. The minimum absolute atomic E-state index is 0.172. The fraction of sp³-hybridized carbons (Fsp3) is 0.269. The Kier molecular flexibility index (Phi) is 7.52. The number of amides is 1. The van der Waals surface area contributed by atoms with Crippen molar-refractivity contribution in [2.24, 2.45) is 12.5 Å². The minimum Gasteiger partial charge on any atom is -0.480 e. The van der Waals surface area contributed by atoms with Gasteiger partial charge in [0.1, 0.15) is 17.8 Å². The van der Waals surface area contributed by atoms with Gasteiger partial charge in [-0.25, -0.2) is 4.79 Å². The molecule has 0 unspecified atom stereocenters. The van der Waals surface area contributed by atoms with Crippen LogP contribution in [0, 0.1) is 17.3 Å². The first-order chi connectivity index (χ1) is 16.0. The predicted octanol–water partition coefficient (Wildman–Crippen LogP) is 5.08. The summed E-state index contributed by atoms with van der Waals surface area (Å²) in [5, 5.41) is 16.2. The van der Waals surface area contributed by atoms with Gasteiger partial charge in [-0.05, 0) is 36.1 Å². The fourth-order valence-electron chi connectivity index (χ4n) is 3.10. The fourth-order valence-corrected chi connectivity index (χ4v) is 3.10. The molecule has 4 rings (SSSR count). The smallest absolute Gasteiger partial charge is 0.413 e. The van der Waals surface area contributed by atoms with Crippen molar-refractivity contribution < 1.29 is 19.4 Å². The molecule has 2 aromatic carbocycles. The lowest BCUT2D eigenvalue weighted by Crippen LogP contribution is -2.16. The summed E-state index contributed by atoms with van der Waals surface area (Å²) in [4.78, 5) is 23.5. The van der Waals surface area contributed by atoms with Crippen LogP contribution in [-0.4, -0.2) is 26.9 Å². The van der Waals surface area contributed by atoms with E-state index < -0.39 is 17.5 Å². The Morgan fingerprint density at radius 1 is 1.12 bits per heavy atom. The van der Waals surface area contributed by atoms with Crippen molar-refractivity contribution in [3.8, 4) is 23.0 Å². The van der Waals surface area contributed by atoms with Gasteiger partial charge in [0.25, 0.3) is 0 Å². The predicted molar refractivity (Wildman–Crippen MR) is 126 cm³/mol. The molecular weight excluding hydrogens is 418 g/mol. The Hall–Kier alpha value is -4.05. The summed E-state index contributed by atoms with van der Waals surface area (Å²) in [6.07, 6.45) is 2.29. The molecule has 7 nitrogen and oxygen atoms in total. The summed E-state index contributed by atoms with van der Waals surface area (Å²) in [5.74, 6) is 5.48. The number of aliphatic carboxylic acids is 1. The van der Waals surface area contributed by atoms with Crippen LogP contribution in [0.3, 0.4) is 0 Å². The van der Waals surface area contributed by atoms with Crippen molar-refractivity contribution in [1.82, 2.24) is 9.78 Å². The molecule has 0 radical (unpaired) electrons. The van der Waals surface area contributed by atoms with Gasteiger partial charge in [-0.2, -0.15) is 5.10 Å². The van der Waals surface area contributed by atoms with Crippen molar-refractivity contribution in [2.45, 2.75) is 33.3 Å². The Morgan fingerprint density at radius 2 is 1.79 bits per heavy atom.